The van der Waals surface area contributed by atoms with Crippen molar-refractivity contribution in [3.05, 3.63) is 35.1 Å². The van der Waals surface area contributed by atoms with Gasteiger partial charge in [0.25, 0.3) is 5.91 Å². The maximum absolute atomic E-state index is 12.6. The molecule has 3 rings (SSSR count). The number of anilines is 1. The van der Waals surface area contributed by atoms with Crippen LogP contribution >= 0.6 is 11.3 Å². The van der Waals surface area contributed by atoms with E-state index in [9.17, 15) is 13.2 Å². The molecule has 1 N–H and O–H groups in total. The molecule has 0 fully saturated rings. The average Bonchev–Trinajstić information content (AvgIpc) is 3.19. The number of carbonyl (C=O) groups excluding carboxylic acids is 1. The maximum atomic E-state index is 12.6. The van der Waals surface area contributed by atoms with Gasteiger partial charge in [0.1, 0.15) is 5.01 Å². The van der Waals surface area contributed by atoms with Crippen molar-refractivity contribution in [3.63, 3.8) is 0 Å². The Labute approximate surface area is 155 Å². The number of hydrogen-bond donors (Lipinski definition) is 1. The summed E-state index contributed by atoms with van der Waals surface area (Å²) in [7, 11) is -3.58. The van der Waals surface area contributed by atoms with E-state index in [2.05, 4.69) is 27.4 Å². The van der Waals surface area contributed by atoms with Gasteiger partial charge in [-0.25, -0.2) is 13.4 Å². The number of unbranched alkanes of at least 4 members (excludes halogenated alkanes) is 2. The first-order chi connectivity index (χ1) is 12.4. The van der Waals surface area contributed by atoms with Crippen LogP contribution in [0.5, 0.6) is 0 Å². The van der Waals surface area contributed by atoms with Gasteiger partial charge in [-0.05, 0) is 18.6 Å². The lowest BCUT2D eigenvalue weighted by atomic mass is 10.2. The Balaban J connectivity index is 1.85. The van der Waals surface area contributed by atoms with Gasteiger partial charge in [-0.1, -0.05) is 37.2 Å². The molecule has 26 heavy (non-hydrogen) atoms. The summed E-state index contributed by atoms with van der Waals surface area (Å²) in [6.45, 7) is 2.13. The zero-order valence-corrected chi connectivity index (χ0v) is 16.1. The Hall–Kier alpha value is -2.33. The highest BCUT2D eigenvalue weighted by atomic mass is 32.2. The van der Waals surface area contributed by atoms with Gasteiger partial charge in [-0.3, -0.25) is 14.5 Å². The van der Waals surface area contributed by atoms with Crippen LogP contribution in [-0.2, 0) is 16.3 Å². The molecule has 0 aromatic carbocycles. The van der Waals surface area contributed by atoms with Gasteiger partial charge in [-0.2, -0.15) is 0 Å². The zero-order chi connectivity index (χ0) is 18.7. The minimum absolute atomic E-state index is 0.0359. The van der Waals surface area contributed by atoms with Crippen LogP contribution in [0.15, 0.2) is 29.6 Å². The van der Waals surface area contributed by atoms with Gasteiger partial charge >= 0.3 is 0 Å². The molecule has 10 heteroatoms. The van der Waals surface area contributed by atoms with Crippen LogP contribution in [0.4, 0.5) is 5.13 Å². The molecular weight excluding hydrogens is 374 g/mol. The first-order valence-corrected chi connectivity index (χ1v) is 10.9. The molecule has 0 spiro atoms. The predicted octanol–water partition coefficient (Wildman–Crippen LogP) is 2.57. The standard InChI is InChI=1S/C16H19N5O3S2/c1-3-4-5-9-12-19-20-15(25-12)18-14(22)13-11-8-6-7-10-21(11)16(17-13)26(2,23)24/h6-8,10H,3-5,9H2,1-2H3,(H,18,20,22). The second-order valence-electron chi connectivity index (χ2n) is 5.88. The van der Waals surface area contributed by atoms with Crippen LogP contribution in [0.3, 0.4) is 0 Å². The van der Waals surface area contributed by atoms with Gasteiger partial charge in [-0.15, -0.1) is 10.2 Å². The number of hydrogen-bond acceptors (Lipinski definition) is 7. The summed E-state index contributed by atoms with van der Waals surface area (Å²) in [6, 6.07) is 5.04. The predicted molar refractivity (Wildman–Crippen MR) is 99.4 cm³/mol. The van der Waals surface area contributed by atoms with Crippen molar-refractivity contribution in [1.29, 1.82) is 0 Å². The summed E-state index contributed by atoms with van der Waals surface area (Å²) in [5.74, 6) is -0.514. The second kappa shape index (κ2) is 7.50. The lowest BCUT2D eigenvalue weighted by molar-refractivity contribution is 0.102. The third kappa shape index (κ3) is 3.91. The Bertz CT molecular complexity index is 1040. The van der Waals surface area contributed by atoms with E-state index < -0.39 is 15.7 Å². The van der Waals surface area contributed by atoms with Crippen LogP contribution in [-0.4, -0.2) is 40.2 Å². The molecule has 0 saturated carbocycles. The number of carbonyl (C=O) groups is 1. The third-order valence-electron chi connectivity index (χ3n) is 3.74. The molecule has 3 aromatic rings. The van der Waals surface area contributed by atoms with Crippen LogP contribution in [0.2, 0.25) is 0 Å². The highest BCUT2D eigenvalue weighted by molar-refractivity contribution is 7.90. The Kier molecular flexibility index (Phi) is 5.33. The van der Waals surface area contributed by atoms with E-state index in [1.807, 2.05) is 0 Å². The number of rotatable bonds is 7. The molecule has 0 atom stereocenters. The summed E-state index contributed by atoms with van der Waals surface area (Å²) >= 11 is 1.32. The molecule has 3 aromatic heterocycles. The molecule has 0 aliphatic heterocycles. The molecule has 0 aliphatic rings. The van der Waals surface area contributed by atoms with Crippen molar-refractivity contribution in [2.75, 3.05) is 11.6 Å². The maximum Gasteiger partial charge on any atom is 0.278 e. The van der Waals surface area contributed by atoms with Crippen molar-refractivity contribution in [2.24, 2.45) is 0 Å². The molecule has 138 valence electrons. The minimum atomic E-state index is -3.58. The van der Waals surface area contributed by atoms with E-state index in [0.717, 1.165) is 36.9 Å². The van der Waals surface area contributed by atoms with E-state index in [4.69, 9.17) is 0 Å². The van der Waals surface area contributed by atoms with E-state index in [0.29, 0.717) is 10.6 Å². The van der Waals surface area contributed by atoms with Gasteiger partial charge in [0.05, 0.1) is 5.52 Å². The van der Waals surface area contributed by atoms with Gasteiger partial charge in [0, 0.05) is 18.9 Å². The number of imidazole rings is 1. The summed E-state index contributed by atoms with van der Waals surface area (Å²) in [5.41, 5.74) is 0.451. The van der Waals surface area contributed by atoms with Gasteiger partial charge in [0.15, 0.2) is 5.69 Å². The molecule has 0 saturated heterocycles. The van der Waals surface area contributed by atoms with Gasteiger partial charge in [0.2, 0.25) is 20.1 Å². The van der Waals surface area contributed by atoms with Crippen molar-refractivity contribution in [1.82, 2.24) is 19.6 Å². The monoisotopic (exact) mass is 393 g/mol. The molecule has 0 bridgehead atoms. The van der Waals surface area contributed by atoms with Crippen molar-refractivity contribution < 1.29 is 13.2 Å². The highest BCUT2D eigenvalue weighted by Gasteiger charge is 2.23. The van der Waals surface area contributed by atoms with Crippen LogP contribution in [0.1, 0.15) is 41.7 Å². The quantitative estimate of drug-likeness (QED) is 0.618. The number of pyridine rings is 1. The summed E-state index contributed by atoms with van der Waals surface area (Å²) in [4.78, 5) is 16.6. The van der Waals surface area contributed by atoms with E-state index in [-0.39, 0.29) is 10.9 Å². The Morgan fingerprint density at radius 3 is 2.81 bits per heavy atom. The minimum Gasteiger partial charge on any atom is -0.295 e. The second-order valence-corrected chi connectivity index (χ2v) is 8.85. The SMILES string of the molecule is CCCCCc1nnc(NC(=O)c2nc(S(C)(=O)=O)n3ccccc23)s1. The Morgan fingerprint density at radius 1 is 1.27 bits per heavy atom. The fourth-order valence-corrected chi connectivity index (χ4v) is 4.08. The number of nitrogens with zero attached hydrogens (tertiary/aromatic N) is 4. The van der Waals surface area contributed by atoms with E-state index in [1.54, 1.807) is 24.4 Å². The molecule has 3 heterocycles. The molecule has 8 nitrogen and oxygen atoms in total. The smallest absolute Gasteiger partial charge is 0.278 e. The van der Waals surface area contributed by atoms with Crippen LogP contribution in [0.25, 0.3) is 5.52 Å². The highest BCUT2D eigenvalue weighted by Crippen LogP contribution is 2.21. The van der Waals surface area contributed by atoms with Gasteiger partial charge < -0.3 is 0 Å². The first kappa shape index (κ1) is 18.5. The number of fused-ring (bicyclic) bond motifs is 1. The fraction of sp³-hybridized carbons (Fsp3) is 0.375. The van der Waals surface area contributed by atoms with Crippen molar-refractivity contribution in [3.8, 4) is 0 Å². The number of amides is 1. The van der Waals surface area contributed by atoms with E-state index >= 15 is 0 Å². The third-order valence-corrected chi connectivity index (χ3v) is 5.59. The topological polar surface area (TPSA) is 106 Å². The fourth-order valence-electron chi connectivity index (χ4n) is 2.53. The molecular formula is C16H19N5O3S2. The molecule has 0 aliphatic carbocycles. The summed E-state index contributed by atoms with van der Waals surface area (Å²) in [5, 5.41) is 11.8. The lowest BCUT2D eigenvalue weighted by Gasteiger charge is -1.98. The average molecular weight is 393 g/mol. The molecule has 0 radical (unpaired) electrons. The normalized spacial score (nSPS) is 11.8. The van der Waals surface area contributed by atoms with Crippen LogP contribution in [0, 0.1) is 0 Å². The Morgan fingerprint density at radius 2 is 2.08 bits per heavy atom. The number of nitrogens with one attached hydrogen (secondary N) is 1. The van der Waals surface area contributed by atoms with E-state index in [1.165, 1.54) is 15.7 Å². The molecule has 0 unspecified atom stereocenters. The number of sulfone groups is 1. The van der Waals surface area contributed by atoms with Crippen LogP contribution < -0.4 is 5.32 Å². The largest absolute Gasteiger partial charge is 0.295 e. The first-order valence-electron chi connectivity index (χ1n) is 8.21. The molecule has 1 amide bonds. The lowest BCUT2D eigenvalue weighted by Crippen LogP contribution is -2.13. The summed E-state index contributed by atoms with van der Waals surface area (Å²) in [6.07, 6.45) is 6.72. The number of aryl methyl sites for hydroxylation is 1. The number of aromatic nitrogens is 4. The summed E-state index contributed by atoms with van der Waals surface area (Å²) < 4.78 is 25.3. The zero-order valence-electron chi connectivity index (χ0n) is 14.5. The van der Waals surface area contributed by atoms with Crippen molar-refractivity contribution >= 4 is 37.7 Å². The van der Waals surface area contributed by atoms with Crippen molar-refractivity contribution in [2.45, 2.75) is 37.8 Å².